The van der Waals surface area contributed by atoms with Crippen LogP contribution in [0.5, 0.6) is 11.5 Å². The van der Waals surface area contributed by atoms with Gasteiger partial charge in [-0.2, -0.15) is 18.3 Å². The van der Waals surface area contributed by atoms with Gasteiger partial charge in [0, 0.05) is 12.5 Å². The van der Waals surface area contributed by atoms with Gasteiger partial charge in [-0.1, -0.05) is 24.3 Å². The summed E-state index contributed by atoms with van der Waals surface area (Å²) in [5.74, 6) is 0.463. The van der Waals surface area contributed by atoms with Crippen molar-refractivity contribution >= 4 is 28.2 Å². The third-order valence-corrected chi connectivity index (χ3v) is 6.19. The topological polar surface area (TPSA) is 103 Å². The second-order valence-corrected chi connectivity index (χ2v) is 8.33. The van der Waals surface area contributed by atoms with E-state index in [9.17, 15) is 18.0 Å². The molecule has 3 aromatic rings. The third kappa shape index (κ3) is 3.72. The van der Waals surface area contributed by atoms with Gasteiger partial charge in [-0.15, -0.1) is 10.2 Å². The van der Waals surface area contributed by atoms with E-state index < -0.39 is 24.2 Å². The van der Waals surface area contributed by atoms with Crippen molar-refractivity contribution in [2.45, 2.75) is 38.0 Å². The molecule has 5 rings (SSSR count). The molecular formula is C19H17F3N6O3S. The highest BCUT2D eigenvalue weighted by atomic mass is 32.1. The molecule has 1 amide bonds. The summed E-state index contributed by atoms with van der Waals surface area (Å²) in [5, 5.41) is 18.3. The van der Waals surface area contributed by atoms with Gasteiger partial charge in [0.2, 0.25) is 11.9 Å². The highest BCUT2D eigenvalue weighted by Crippen LogP contribution is 2.45. The molecule has 9 nitrogen and oxygen atoms in total. The van der Waals surface area contributed by atoms with E-state index in [1.807, 2.05) is 6.92 Å². The van der Waals surface area contributed by atoms with Crippen LogP contribution in [0.4, 0.5) is 24.1 Å². The average molecular weight is 466 g/mol. The Morgan fingerprint density at radius 2 is 2.09 bits per heavy atom. The van der Waals surface area contributed by atoms with E-state index in [-0.39, 0.29) is 29.9 Å². The lowest BCUT2D eigenvalue weighted by Crippen LogP contribution is -2.35. The summed E-state index contributed by atoms with van der Waals surface area (Å²) < 4.78 is 53.1. The smallest absolute Gasteiger partial charge is 0.410 e. The summed E-state index contributed by atoms with van der Waals surface area (Å²) in [4.78, 5) is 12.6. The van der Waals surface area contributed by atoms with Gasteiger partial charge < -0.3 is 14.8 Å². The number of ether oxygens (including phenoxy) is 2. The maximum Gasteiger partial charge on any atom is 0.410 e. The van der Waals surface area contributed by atoms with E-state index in [2.05, 4.69) is 25.9 Å². The number of nitrogens with one attached hydrogen (secondary N) is 2. The van der Waals surface area contributed by atoms with Crippen molar-refractivity contribution in [2.75, 3.05) is 17.4 Å². The number of fused-ring (bicyclic) bond motifs is 2. The van der Waals surface area contributed by atoms with Crippen LogP contribution in [0.3, 0.4) is 0 Å². The van der Waals surface area contributed by atoms with Crippen LogP contribution < -0.4 is 20.1 Å². The lowest BCUT2D eigenvalue weighted by molar-refractivity contribution is -0.173. The standard InChI is InChI=1S/C19H17F3N6O3S/c1-2-16-25-26-18(32-16)24-17(29)11-7-15-23-10(6-14(19(20,21)22)28(15)27-11)9-3-4-12-13(5-9)31-8-30-12/h3-5,7,10,14,23H,2,6,8H2,1H3,(H,24,26,29). The summed E-state index contributed by atoms with van der Waals surface area (Å²) in [5.41, 5.74) is 0.462. The minimum absolute atomic E-state index is 0.0711. The van der Waals surface area contributed by atoms with Crippen LogP contribution in [0, 0.1) is 0 Å². The number of carbonyl (C=O) groups is 1. The van der Waals surface area contributed by atoms with E-state index in [0.717, 1.165) is 9.69 Å². The molecule has 2 aliphatic rings. The molecule has 0 fully saturated rings. The predicted octanol–water partition coefficient (Wildman–Crippen LogP) is 3.94. The molecule has 13 heteroatoms. The predicted molar refractivity (Wildman–Crippen MR) is 108 cm³/mol. The minimum Gasteiger partial charge on any atom is -0.454 e. The van der Waals surface area contributed by atoms with Crippen molar-refractivity contribution in [2.24, 2.45) is 0 Å². The Morgan fingerprint density at radius 3 is 2.84 bits per heavy atom. The molecule has 2 aliphatic heterocycles. The number of carbonyl (C=O) groups excluding carboxylic acids is 1. The Kier molecular flexibility index (Phi) is 4.92. The third-order valence-electron chi connectivity index (χ3n) is 5.21. The number of anilines is 2. The maximum atomic E-state index is 13.9. The quantitative estimate of drug-likeness (QED) is 0.600. The van der Waals surface area contributed by atoms with Crippen LogP contribution >= 0.6 is 11.3 Å². The van der Waals surface area contributed by atoms with Crippen molar-refractivity contribution in [3.63, 3.8) is 0 Å². The number of aryl methyl sites for hydroxylation is 1. The van der Waals surface area contributed by atoms with Crippen LogP contribution in [0.25, 0.3) is 0 Å². The second-order valence-electron chi connectivity index (χ2n) is 7.27. The first kappa shape index (κ1) is 20.5. The number of hydrogen-bond acceptors (Lipinski definition) is 8. The molecule has 0 spiro atoms. The molecule has 0 aliphatic carbocycles. The Morgan fingerprint density at radius 1 is 1.28 bits per heavy atom. The van der Waals surface area contributed by atoms with E-state index in [1.54, 1.807) is 18.2 Å². The highest BCUT2D eigenvalue weighted by molar-refractivity contribution is 7.15. The van der Waals surface area contributed by atoms with Gasteiger partial charge in [-0.05, 0) is 24.1 Å². The summed E-state index contributed by atoms with van der Waals surface area (Å²) in [6, 6.07) is 3.76. The van der Waals surface area contributed by atoms with E-state index in [1.165, 1.54) is 17.4 Å². The second kappa shape index (κ2) is 7.65. The zero-order valence-corrected chi connectivity index (χ0v) is 17.5. The fraction of sp³-hybridized carbons (Fsp3) is 0.368. The van der Waals surface area contributed by atoms with Gasteiger partial charge >= 0.3 is 6.18 Å². The number of alkyl halides is 3. The van der Waals surface area contributed by atoms with E-state index >= 15 is 0 Å². The Bertz CT molecular complexity index is 1180. The molecule has 0 radical (unpaired) electrons. The average Bonchev–Trinajstić information content (AvgIpc) is 3.50. The molecular weight excluding hydrogens is 449 g/mol. The number of halogens is 3. The van der Waals surface area contributed by atoms with Crippen LogP contribution in [0.1, 0.15) is 46.5 Å². The number of aromatic nitrogens is 4. The van der Waals surface area contributed by atoms with Crippen molar-refractivity contribution < 1.29 is 27.4 Å². The summed E-state index contributed by atoms with van der Waals surface area (Å²) >= 11 is 1.20. The van der Waals surface area contributed by atoms with Gasteiger partial charge in [0.15, 0.2) is 23.2 Å². The zero-order valence-electron chi connectivity index (χ0n) is 16.6. The van der Waals surface area contributed by atoms with Crippen LogP contribution in [-0.4, -0.2) is 38.9 Å². The number of rotatable bonds is 4. The SMILES string of the molecule is CCc1nnc(NC(=O)c2cc3n(n2)C(C(F)(F)F)CC(c2ccc4c(c2)OCO4)N3)s1. The fourth-order valence-corrected chi connectivity index (χ4v) is 4.32. The normalized spacial score (nSPS) is 19.4. The Hall–Kier alpha value is -3.35. The number of amides is 1. The van der Waals surface area contributed by atoms with Crippen LogP contribution in [0.15, 0.2) is 24.3 Å². The fourth-order valence-electron chi connectivity index (χ4n) is 3.64. The number of hydrogen-bond donors (Lipinski definition) is 2. The zero-order chi connectivity index (χ0) is 22.5. The molecule has 0 saturated carbocycles. The van der Waals surface area contributed by atoms with Gasteiger partial charge in [0.1, 0.15) is 10.8 Å². The first-order chi connectivity index (χ1) is 15.3. The molecule has 1 aromatic carbocycles. The minimum atomic E-state index is -4.56. The van der Waals surface area contributed by atoms with Crippen molar-refractivity contribution in [1.82, 2.24) is 20.0 Å². The molecule has 2 aromatic heterocycles. The van der Waals surface area contributed by atoms with Crippen LogP contribution in [-0.2, 0) is 6.42 Å². The first-order valence-electron chi connectivity index (χ1n) is 9.78. The first-order valence-corrected chi connectivity index (χ1v) is 10.6. The molecule has 4 heterocycles. The van der Waals surface area contributed by atoms with Gasteiger partial charge in [-0.3, -0.25) is 10.1 Å². The molecule has 0 saturated heterocycles. The van der Waals surface area contributed by atoms with E-state index in [0.29, 0.717) is 23.5 Å². The summed E-state index contributed by atoms with van der Waals surface area (Å²) in [6.45, 7) is 1.97. The number of nitrogens with zero attached hydrogens (tertiary/aromatic N) is 4. The summed E-state index contributed by atoms with van der Waals surface area (Å²) in [7, 11) is 0. The van der Waals surface area contributed by atoms with Crippen LogP contribution in [0.2, 0.25) is 0 Å². The maximum absolute atomic E-state index is 13.9. The number of benzene rings is 1. The van der Waals surface area contributed by atoms with Gasteiger partial charge in [-0.25, -0.2) is 4.68 Å². The van der Waals surface area contributed by atoms with Crippen molar-refractivity contribution in [1.29, 1.82) is 0 Å². The molecule has 2 unspecified atom stereocenters. The Balaban J connectivity index is 1.43. The van der Waals surface area contributed by atoms with Gasteiger partial charge in [0.05, 0.1) is 6.04 Å². The van der Waals surface area contributed by atoms with Crippen molar-refractivity contribution in [3.8, 4) is 11.5 Å². The van der Waals surface area contributed by atoms with Gasteiger partial charge in [0.25, 0.3) is 5.91 Å². The molecule has 168 valence electrons. The lowest BCUT2D eigenvalue weighted by Gasteiger charge is -2.33. The van der Waals surface area contributed by atoms with E-state index in [4.69, 9.17) is 9.47 Å². The lowest BCUT2D eigenvalue weighted by atomic mass is 9.96. The van der Waals surface area contributed by atoms with Crippen molar-refractivity contribution in [3.05, 3.63) is 40.5 Å². The Labute approximate surface area is 183 Å². The highest BCUT2D eigenvalue weighted by Gasteiger charge is 2.47. The molecule has 2 atom stereocenters. The summed E-state index contributed by atoms with van der Waals surface area (Å²) in [6.07, 6.45) is -4.19. The molecule has 2 N–H and O–H groups in total. The molecule has 0 bridgehead atoms. The molecule has 32 heavy (non-hydrogen) atoms. The monoisotopic (exact) mass is 466 g/mol. The largest absolute Gasteiger partial charge is 0.454 e.